The van der Waals surface area contributed by atoms with Crippen molar-refractivity contribution in [3.05, 3.63) is 23.3 Å². The van der Waals surface area contributed by atoms with Crippen LogP contribution in [0.5, 0.6) is 0 Å². The van der Waals surface area contributed by atoms with Crippen LogP contribution in [-0.4, -0.2) is 88.3 Å². The Balaban J connectivity index is 1.21. The van der Waals surface area contributed by atoms with Crippen LogP contribution in [0.3, 0.4) is 0 Å². The summed E-state index contributed by atoms with van der Waals surface area (Å²) < 4.78 is 29.1. The molecule has 230 valence electrons. The van der Waals surface area contributed by atoms with E-state index in [1.807, 2.05) is 19.9 Å². The number of hydrogen-bond donors (Lipinski definition) is 3. The zero-order valence-electron chi connectivity index (χ0n) is 24.2. The molecule has 0 radical (unpaired) electrons. The van der Waals surface area contributed by atoms with Crippen molar-refractivity contribution in [3.63, 3.8) is 0 Å². The first-order valence-corrected chi connectivity index (χ1v) is 15.2. The predicted octanol–water partition coefficient (Wildman–Crippen LogP) is 1.46. The highest BCUT2D eigenvalue weighted by molar-refractivity contribution is 5.85. The van der Waals surface area contributed by atoms with Gasteiger partial charge in [-0.3, -0.25) is 4.79 Å². The van der Waals surface area contributed by atoms with Crippen LogP contribution >= 0.6 is 0 Å². The maximum absolute atomic E-state index is 13.2. The van der Waals surface area contributed by atoms with Gasteiger partial charge in [-0.15, -0.1) is 0 Å². The summed E-state index contributed by atoms with van der Waals surface area (Å²) in [6, 6.07) is 0. The molecule has 0 bridgehead atoms. The van der Waals surface area contributed by atoms with E-state index in [4.69, 9.17) is 23.7 Å². The topological polar surface area (TPSA) is 158 Å². The molecule has 4 aliphatic carbocycles. The van der Waals surface area contributed by atoms with Crippen LogP contribution in [0.1, 0.15) is 65.7 Å². The molecule has 11 nitrogen and oxygen atoms in total. The van der Waals surface area contributed by atoms with E-state index in [2.05, 4.69) is 0 Å². The molecule has 3 N–H and O–H groups in total. The SMILES string of the molecule is CC(=O)O[C@H]1C[C@@H](C)O[C@H]2O[C@@H]3CC4=CC[C@@H]5[C@H](CC[C@]6(C)[C@@H](C7=CC(=O)OC7)[C@H](O)C[C@]56O)[C@@]4(C=O)C[C@H]3O[C@]21O. The molecule has 3 aliphatic heterocycles. The van der Waals surface area contributed by atoms with Gasteiger partial charge in [-0.25, -0.2) is 4.79 Å². The largest absolute Gasteiger partial charge is 0.458 e. The summed E-state index contributed by atoms with van der Waals surface area (Å²) in [6.07, 6.45) is 2.73. The van der Waals surface area contributed by atoms with Gasteiger partial charge in [0.25, 0.3) is 5.79 Å². The second-order valence-corrected chi connectivity index (χ2v) is 13.9. The van der Waals surface area contributed by atoms with Crippen molar-refractivity contribution in [2.45, 2.75) is 114 Å². The Hall–Kier alpha value is -2.15. The number of carbonyl (C=O) groups is 3. The molecule has 0 aromatic carbocycles. The lowest BCUT2D eigenvalue weighted by Crippen LogP contribution is -2.70. The van der Waals surface area contributed by atoms with Crippen molar-refractivity contribution >= 4 is 18.2 Å². The lowest BCUT2D eigenvalue weighted by Gasteiger charge is -2.62. The average molecular weight is 589 g/mol. The zero-order chi connectivity index (χ0) is 29.8. The smallest absolute Gasteiger partial charge is 0.331 e. The van der Waals surface area contributed by atoms with Gasteiger partial charge in [0.1, 0.15) is 12.9 Å². The fraction of sp³-hybridized carbons (Fsp3) is 0.774. The average Bonchev–Trinajstić information content (AvgIpc) is 3.42. The lowest BCUT2D eigenvalue weighted by molar-refractivity contribution is -0.453. The molecule has 42 heavy (non-hydrogen) atoms. The van der Waals surface area contributed by atoms with E-state index in [9.17, 15) is 29.7 Å². The minimum absolute atomic E-state index is 0.115. The predicted molar refractivity (Wildman–Crippen MR) is 142 cm³/mol. The Bertz CT molecular complexity index is 1260. The van der Waals surface area contributed by atoms with Crippen molar-refractivity contribution in [1.29, 1.82) is 0 Å². The molecule has 11 heteroatoms. The first-order chi connectivity index (χ1) is 19.8. The third-order valence-corrected chi connectivity index (χ3v) is 11.8. The summed E-state index contributed by atoms with van der Waals surface area (Å²) in [5, 5.41) is 35.4. The number of ether oxygens (including phenoxy) is 5. The van der Waals surface area contributed by atoms with Crippen molar-refractivity contribution in [1.82, 2.24) is 0 Å². The van der Waals surface area contributed by atoms with Crippen LogP contribution in [0.15, 0.2) is 23.3 Å². The highest BCUT2D eigenvalue weighted by Gasteiger charge is 2.71. The summed E-state index contributed by atoms with van der Waals surface area (Å²) in [5.41, 5.74) is -1.29. The zero-order valence-corrected chi connectivity index (χ0v) is 24.2. The van der Waals surface area contributed by atoms with Crippen LogP contribution in [-0.2, 0) is 38.1 Å². The summed E-state index contributed by atoms with van der Waals surface area (Å²) in [7, 11) is 0. The van der Waals surface area contributed by atoms with E-state index in [-0.39, 0.29) is 43.8 Å². The Morgan fingerprint density at radius 1 is 1.17 bits per heavy atom. The molecule has 0 unspecified atom stereocenters. The normalized spacial score (nSPS) is 52.8. The van der Waals surface area contributed by atoms with E-state index >= 15 is 0 Å². The molecule has 3 heterocycles. The number of fused-ring (bicyclic) bond motifs is 7. The number of aliphatic hydroxyl groups is 3. The highest BCUT2D eigenvalue weighted by atomic mass is 16.8. The Morgan fingerprint density at radius 3 is 2.64 bits per heavy atom. The number of cyclic esters (lactones) is 1. The number of aliphatic hydroxyl groups excluding tert-OH is 1. The van der Waals surface area contributed by atoms with Gasteiger partial charge < -0.3 is 43.8 Å². The van der Waals surface area contributed by atoms with Gasteiger partial charge in [-0.1, -0.05) is 18.6 Å². The molecule has 13 atom stereocenters. The Kier molecular flexibility index (Phi) is 6.42. The summed E-state index contributed by atoms with van der Waals surface area (Å²) in [6.45, 7) is 5.19. The van der Waals surface area contributed by atoms with Gasteiger partial charge in [-0.2, -0.15) is 0 Å². The molecule has 0 aromatic rings. The number of rotatable bonds is 3. The molecule has 3 saturated carbocycles. The summed E-state index contributed by atoms with van der Waals surface area (Å²) >= 11 is 0. The first-order valence-electron chi connectivity index (χ1n) is 15.2. The van der Waals surface area contributed by atoms with E-state index in [0.29, 0.717) is 31.3 Å². The standard InChI is InChI=1S/C31H40O11/c1-15-8-24(40-16(2)33)31(37)27(39-15)41-22-10-18-4-5-20-19(29(18,14-32)12-23(22)42-31)6-7-28(3)26(17-9-25(35)38-13-17)21(34)11-30(20,28)36/h4,9,14-15,19-24,26-27,34,36-37H,5-8,10-13H2,1-3H3/t15-,19+,20-,21-,22-,23-,24+,26+,27+,28-,29-,30+,31+/m1/s1. The van der Waals surface area contributed by atoms with Crippen LogP contribution in [0.25, 0.3) is 0 Å². The number of carbonyl (C=O) groups excluding carboxylic acids is 3. The summed E-state index contributed by atoms with van der Waals surface area (Å²) in [5.74, 6) is -3.97. The van der Waals surface area contributed by atoms with E-state index in [1.165, 1.54) is 13.0 Å². The fourth-order valence-corrected chi connectivity index (χ4v) is 10.0. The molecule has 0 spiro atoms. The van der Waals surface area contributed by atoms with Gasteiger partial charge in [-0.05, 0) is 56.4 Å². The maximum Gasteiger partial charge on any atom is 0.331 e. The number of allylic oxidation sites excluding steroid dienone is 1. The van der Waals surface area contributed by atoms with Gasteiger partial charge in [0.05, 0.1) is 35.4 Å². The monoisotopic (exact) mass is 588 g/mol. The van der Waals surface area contributed by atoms with E-state index in [0.717, 1.165) is 11.9 Å². The maximum atomic E-state index is 13.2. The molecular weight excluding hydrogens is 548 g/mol. The Morgan fingerprint density at radius 2 is 1.95 bits per heavy atom. The third-order valence-electron chi connectivity index (χ3n) is 11.8. The number of hydrogen-bond acceptors (Lipinski definition) is 11. The van der Waals surface area contributed by atoms with Crippen molar-refractivity contribution in [2.24, 2.45) is 28.6 Å². The van der Waals surface area contributed by atoms with E-state index < -0.39 is 70.8 Å². The van der Waals surface area contributed by atoms with Crippen LogP contribution in [0.4, 0.5) is 0 Å². The van der Waals surface area contributed by atoms with Gasteiger partial charge in [0.15, 0.2) is 6.10 Å². The quantitative estimate of drug-likeness (QED) is 0.249. The lowest BCUT2D eigenvalue weighted by atomic mass is 9.45. The summed E-state index contributed by atoms with van der Waals surface area (Å²) in [4.78, 5) is 37.0. The Labute approximate surface area is 244 Å². The molecule has 2 saturated heterocycles. The number of esters is 2. The van der Waals surface area contributed by atoms with E-state index in [1.54, 1.807) is 0 Å². The van der Waals surface area contributed by atoms with Crippen LogP contribution in [0, 0.1) is 28.6 Å². The van der Waals surface area contributed by atoms with Crippen LogP contribution < -0.4 is 0 Å². The fourth-order valence-electron chi connectivity index (χ4n) is 10.0. The number of aldehydes is 1. The second kappa shape index (κ2) is 9.42. The third kappa shape index (κ3) is 3.76. The molecule has 7 aliphatic rings. The van der Waals surface area contributed by atoms with Crippen LogP contribution in [0.2, 0.25) is 0 Å². The van der Waals surface area contributed by atoms with Crippen molar-refractivity contribution < 1.29 is 53.4 Å². The molecular formula is C31H40O11. The van der Waals surface area contributed by atoms with Gasteiger partial charge >= 0.3 is 11.9 Å². The van der Waals surface area contributed by atoms with Crippen molar-refractivity contribution in [3.8, 4) is 0 Å². The first kappa shape index (κ1) is 28.6. The molecule has 0 amide bonds. The highest BCUT2D eigenvalue weighted by Crippen LogP contribution is 2.69. The van der Waals surface area contributed by atoms with Gasteiger partial charge in [0, 0.05) is 37.2 Å². The minimum Gasteiger partial charge on any atom is -0.458 e. The molecule has 7 rings (SSSR count). The molecule has 0 aromatic heterocycles. The minimum atomic E-state index is -2.03. The van der Waals surface area contributed by atoms with Gasteiger partial charge in [0.2, 0.25) is 6.29 Å². The second-order valence-electron chi connectivity index (χ2n) is 13.9. The molecule has 5 fully saturated rings. The van der Waals surface area contributed by atoms with Crippen molar-refractivity contribution in [2.75, 3.05) is 6.61 Å².